The summed E-state index contributed by atoms with van der Waals surface area (Å²) in [5.41, 5.74) is 6.34. The van der Waals surface area contributed by atoms with Crippen molar-refractivity contribution in [2.75, 3.05) is 11.9 Å². The van der Waals surface area contributed by atoms with Crippen LogP contribution in [0, 0.1) is 0 Å². The molecule has 2 unspecified atom stereocenters. The van der Waals surface area contributed by atoms with Gasteiger partial charge in [0, 0.05) is 18.3 Å². The zero-order valence-electron chi connectivity index (χ0n) is 23.1. The first-order valence-corrected chi connectivity index (χ1v) is 14.0. The van der Waals surface area contributed by atoms with E-state index in [2.05, 4.69) is 70.0 Å². The fourth-order valence-electron chi connectivity index (χ4n) is 4.96. The van der Waals surface area contributed by atoms with Gasteiger partial charge >= 0.3 is 5.97 Å². The van der Waals surface area contributed by atoms with Gasteiger partial charge in [0.25, 0.3) is 0 Å². The molecule has 3 N–H and O–H groups in total. The van der Waals surface area contributed by atoms with Crippen LogP contribution in [-0.2, 0) is 4.79 Å². The van der Waals surface area contributed by atoms with Gasteiger partial charge < -0.3 is 15.7 Å². The highest BCUT2D eigenvalue weighted by atomic mass is 16.4. The lowest BCUT2D eigenvalue weighted by Crippen LogP contribution is -2.25. The molecule has 0 aliphatic heterocycles. The van der Waals surface area contributed by atoms with Gasteiger partial charge in [0.1, 0.15) is 12.1 Å². The van der Waals surface area contributed by atoms with Gasteiger partial charge in [0.2, 0.25) is 0 Å². The number of anilines is 1. The minimum atomic E-state index is -0.808. The van der Waals surface area contributed by atoms with Crippen LogP contribution in [0.25, 0.3) is 17.1 Å². The molecule has 0 saturated heterocycles. The third-order valence-corrected chi connectivity index (χ3v) is 7.08. The van der Waals surface area contributed by atoms with Gasteiger partial charge in [-0.05, 0) is 35.2 Å². The molecule has 2 aromatic heterocycles. The number of aliphatic carboxylic acids is 1. The number of aromatic nitrogens is 3. The Morgan fingerprint density at radius 3 is 2.20 bits per heavy atom. The fourth-order valence-corrected chi connectivity index (χ4v) is 4.96. The topological polar surface area (TPSA) is 92.1 Å². The van der Waals surface area contributed by atoms with Crippen molar-refractivity contribution in [3.63, 3.8) is 0 Å². The molecule has 0 saturated carbocycles. The predicted molar refractivity (Wildman–Crippen MR) is 163 cm³/mol. The van der Waals surface area contributed by atoms with E-state index in [0.29, 0.717) is 6.54 Å². The molecule has 3 aromatic carbocycles. The molecular weight excluding hydrogens is 510 g/mol. The lowest BCUT2D eigenvalue weighted by Gasteiger charge is -2.23. The van der Waals surface area contributed by atoms with Gasteiger partial charge in [0.05, 0.1) is 36.1 Å². The first kappa shape index (κ1) is 27.8. The molecule has 0 aliphatic carbocycles. The highest BCUT2D eigenvalue weighted by Gasteiger charge is 2.16. The number of carbonyl (C=O) groups is 1. The summed E-state index contributed by atoms with van der Waals surface area (Å²) in [5.74, 6) is 0.00148. The molecule has 7 heteroatoms. The van der Waals surface area contributed by atoms with E-state index in [1.165, 1.54) is 5.56 Å². The Kier molecular flexibility index (Phi) is 9.19. The maximum atomic E-state index is 11.1. The third kappa shape index (κ3) is 7.26. The van der Waals surface area contributed by atoms with E-state index in [4.69, 9.17) is 5.11 Å². The summed E-state index contributed by atoms with van der Waals surface area (Å²) in [7, 11) is 0. The third-order valence-electron chi connectivity index (χ3n) is 7.08. The Balaban J connectivity index is 1.29. The lowest BCUT2D eigenvalue weighted by atomic mass is 9.95. The summed E-state index contributed by atoms with van der Waals surface area (Å²) in [4.78, 5) is 20.3. The number of hydrogen-bond donors (Lipinski definition) is 3. The number of nitrogens with one attached hydrogen (secondary N) is 2. The molecule has 5 rings (SSSR count). The minimum absolute atomic E-state index is 0.0752. The molecule has 41 heavy (non-hydrogen) atoms. The summed E-state index contributed by atoms with van der Waals surface area (Å²) in [6, 6.07) is 32.9. The standard InChI is InChI=1S/C34H35N5O2/c1-2-9-30(26-14-16-28(17-15-26)34(35-21-20-33(40)41)27-12-7-4-8-13-27)38-29-18-19-32(36-22-29)39-23-31(37-24-39)25-10-5-3-6-11-25/h3-8,10-19,22-24,30,34-35,38H,2,9,20-21H2,1H3,(H,40,41). The maximum Gasteiger partial charge on any atom is 0.304 e. The van der Waals surface area contributed by atoms with Crippen molar-refractivity contribution in [3.8, 4) is 17.1 Å². The van der Waals surface area contributed by atoms with Crippen molar-refractivity contribution >= 4 is 11.7 Å². The number of hydrogen-bond acceptors (Lipinski definition) is 5. The van der Waals surface area contributed by atoms with Gasteiger partial charge in [0.15, 0.2) is 0 Å². The Bertz CT molecular complexity index is 1520. The summed E-state index contributed by atoms with van der Waals surface area (Å²) in [6.07, 6.45) is 7.73. The van der Waals surface area contributed by atoms with Crippen LogP contribution < -0.4 is 10.6 Å². The first-order chi connectivity index (χ1) is 20.1. The van der Waals surface area contributed by atoms with Crippen molar-refractivity contribution in [2.24, 2.45) is 0 Å². The quantitative estimate of drug-likeness (QED) is 0.147. The Morgan fingerprint density at radius 2 is 1.54 bits per heavy atom. The van der Waals surface area contributed by atoms with Crippen LogP contribution in [0.2, 0.25) is 0 Å². The second kappa shape index (κ2) is 13.5. The minimum Gasteiger partial charge on any atom is -0.481 e. The van der Waals surface area contributed by atoms with E-state index in [0.717, 1.165) is 46.7 Å². The van der Waals surface area contributed by atoms with Gasteiger partial charge in [-0.1, -0.05) is 98.3 Å². The summed E-state index contributed by atoms with van der Waals surface area (Å²) < 4.78 is 1.93. The van der Waals surface area contributed by atoms with E-state index >= 15 is 0 Å². The van der Waals surface area contributed by atoms with Crippen LogP contribution in [0.3, 0.4) is 0 Å². The number of imidazole rings is 1. The molecule has 7 nitrogen and oxygen atoms in total. The molecular formula is C34H35N5O2. The number of benzene rings is 3. The van der Waals surface area contributed by atoms with Gasteiger partial charge in [-0.2, -0.15) is 0 Å². The van der Waals surface area contributed by atoms with E-state index in [-0.39, 0.29) is 18.5 Å². The lowest BCUT2D eigenvalue weighted by molar-refractivity contribution is -0.136. The molecule has 0 fully saturated rings. The number of carboxylic acids is 1. The average Bonchev–Trinajstić information content (AvgIpc) is 3.51. The van der Waals surface area contributed by atoms with Crippen LogP contribution in [0.5, 0.6) is 0 Å². The van der Waals surface area contributed by atoms with E-state index in [1.807, 2.05) is 71.6 Å². The molecule has 0 aliphatic rings. The Hall–Kier alpha value is -4.75. The Morgan fingerprint density at radius 1 is 0.854 bits per heavy atom. The van der Waals surface area contributed by atoms with Gasteiger partial charge in [-0.25, -0.2) is 9.97 Å². The predicted octanol–water partition coefficient (Wildman–Crippen LogP) is 7.04. The highest BCUT2D eigenvalue weighted by Crippen LogP contribution is 2.28. The molecule has 0 spiro atoms. The normalized spacial score (nSPS) is 12.5. The van der Waals surface area contributed by atoms with Crippen LogP contribution >= 0.6 is 0 Å². The largest absolute Gasteiger partial charge is 0.481 e. The number of pyridine rings is 1. The van der Waals surface area contributed by atoms with Crippen molar-refractivity contribution in [2.45, 2.75) is 38.3 Å². The number of rotatable bonds is 13. The summed E-state index contributed by atoms with van der Waals surface area (Å²) in [6.45, 7) is 2.58. The smallest absolute Gasteiger partial charge is 0.304 e. The van der Waals surface area contributed by atoms with Crippen LogP contribution in [-0.4, -0.2) is 32.2 Å². The molecule has 208 valence electrons. The zero-order chi connectivity index (χ0) is 28.4. The average molecular weight is 546 g/mol. The summed E-state index contributed by atoms with van der Waals surface area (Å²) in [5, 5.41) is 16.2. The number of nitrogens with zero attached hydrogens (tertiary/aromatic N) is 3. The molecule has 2 heterocycles. The van der Waals surface area contributed by atoms with E-state index < -0.39 is 5.97 Å². The van der Waals surface area contributed by atoms with Crippen molar-refractivity contribution < 1.29 is 9.90 Å². The second-order valence-electron chi connectivity index (χ2n) is 10.0. The monoisotopic (exact) mass is 545 g/mol. The van der Waals surface area contributed by atoms with E-state index in [9.17, 15) is 4.79 Å². The highest BCUT2D eigenvalue weighted by molar-refractivity contribution is 5.66. The SMILES string of the molecule is CCCC(Nc1ccc(-n2cnc(-c3ccccc3)c2)nc1)c1ccc(C(NCCC(=O)O)c2ccccc2)cc1. The molecule has 2 atom stereocenters. The van der Waals surface area contributed by atoms with Crippen molar-refractivity contribution in [1.29, 1.82) is 0 Å². The fraction of sp³-hybridized carbons (Fsp3) is 0.206. The maximum absolute atomic E-state index is 11.1. The first-order valence-electron chi connectivity index (χ1n) is 14.0. The van der Waals surface area contributed by atoms with Gasteiger partial charge in [-0.3, -0.25) is 9.36 Å². The van der Waals surface area contributed by atoms with E-state index in [1.54, 1.807) is 6.33 Å². The number of carboxylic acid groups (broad SMARTS) is 1. The molecule has 0 amide bonds. The molecule has 5 aromatic rings. The van der Waals surface area contributed by atoms with Crippen molar-refractivity contribution in [1.82, 2.24) is 19.9 Å². The molecule has 0 bridgehead atoms. The summed E-state index contributed by atoms with van der Waals surface area (Å²) >= 11 is 0. The van der Waals surface area contributed by atoms with Crippen molar-refractivity contribution in [3.05, 3.63) is 132 Å². The second-order valence-corrected chi connectivity index (χ2v) is 10.0. The Labute approximate surface area is 240 Å². The van der Waals surface area contributed by atoms with Crippen LogP contribution in [0.1, 0.15) is 55.0 Å². The van der Waals surface area contributed by atoms with Gasteiger partial charge in [-0.15, -0.1) is 0 Å². The zero-order valence-corrected chi connectivity index (χ0v) is 23.1. The molecule has 0 radical (unpaired) electrons. The van der Waals surface area contributed by atoms with Crippen LogP contribution in [0.4, 0.5) is 5.69 Å². The van der Waals surface area contributed by atoms with Crippen LogP contribution in [0.15, 0.2) is 116 Å².